The van der Waals surface area contributed by atoms with E-state index in [2.05, 4.69) is 0 Å². The van der Waals surface area contributed by atoms with Crippen molar-refractivity contribution in [1.82, 2.24) is 0 Å². The number of alkyl halides is 1. The number of carbonyl (C=O) groups is 3. The Labute approximate surface area is 315 Å². The molecule has 1 spiro atoms. The van der Waals surface area contributed by atoms with Gasteiger partial charge in [0.2, 0.25) is 6.29 Å². The first-order valence-corrected chi connectivity index (χ1v) is 17.6. The van der Waals surface area contributed by atoms with Gasteiger partial charge in [-0.05, 0) is 54.6 Å². The second-order valence-corrected chi connectivity index (χ2v) is 13.1. The number of fused-ring (bicyclic) bond motifs is 6. The van der Waals surface area contributed by atoms with Crippen LogP contribution < -0.4 is 14.2 Å². The quantitative estimate of drug-likeness (QED) is 0.105. The van der Waals surface area contributed by atoms with E-state index in [9.17, 15) is 14.4 Å². The maximum atomic E-state index is 15.4. The third-order valence-electron chi connectivity index (χ3n) is 9.95. The number of benzene rings is 5. The summed E-state index contributed by atoms with van der Waals surface area (Å²) < 4.78 is 63.6. The lowest BCUT2D eigenvalue weighted by Crippen LogP contribution is -2.54. The van der Waals surface area contributed by atoms with Crippen LogP contribution in [0.25, 0.3) is 0 Å². The highest BCUT2D eigenvalue weighted by molar-refractivity contribution is 5.97. The maximum Gasteiger partial charge on any atom is 0.340 e. The molecule has 280 valence electrons. The zero-order valence-corrected chi connectivity index (χ0v) is 29.8. The molecule has 8 rings (SSSR count). The van der Waals surface area contributed by atoms with Crippen LogP contribution in [0.2, 0.25) is 0 Å². The first-order valence-electron chi connectivity index (χ1n) is 17.6. The molecule has 0 aliphatic carbocycles. The third-order valence-corrected chi connectivity index (χ3v) is 9.95. The van der Waals surface area contributed by atoms with Crippen molar-refractivity contribution in [2.75, 3.05) is 20.8 Å². The molecule has 12 heteroatoms. The van der Waals surface area contributed by atoms with Crippen molar-refractivity contribution in [1.29, 1.82) is 0 Å². The van der Waals surface area contributed by atoms with Gasteiger partial charge in [-0.15, -0.1) is 0 Å². The van der Waals surface area contributed by atoms with E-state index in [1.807, 2.05) is 0 Å². The van der Waals surface area contributed by atoms with Crippen LogP contribution >= 0.6 is 0 Å². The first-order chi connectivity index (χ1) is 26.8. The number of hydrogen-bond donors (Lipinski definition) is 0. The molecule has 55 heavy (non-hydrogen) atoms. The van der Waals surface area contributed by atoms with Crippen LogP contribution in [0.15, 0.2) is 115 Å². The molecular weight excluding hydrogens is 711 g/mol. The predicted molar refractivity (Wildman–Crippen MR) is 193 cm³/mol. The highest BCUT2D eigenvalue weighted by atomic mass is 19.1. The monoisotopic (exact) mass is 746 g/mol. The Hall–Kier alpha value is -6.24. The molecule has 11 nitrogen and oxygen atoms in total. The fourth-order valence-corrected chi connectivity index (χ4v) is 7.37. The van der Waals surface area contributed by atoms with E-state index in [4.69, 9.17) is 37.9 Å². The molecule has 0 amide bonds. The summed E-state index contributed by atoms with van der Waals surface area (Å²) in [6, 6.07) is 32.3. The van der Waals surface area contributed by atoms with Crippen LogP contribution in [0.1, 0.15) is 59.7 Å². The number of methoxy groups -OCH3 is 2. The highest BCUT2D eigenvalue weighted by Crippen LogP contribution is 2.58. The number of ether oxygens (including phenoxy) is 8. The highest BCUT2D eigenvalue weighted by Gasteiger charge is 2.54. The fraction of sp³-hybridized carbons (Fsp3) is 0.233. The van der Waals surface area contributed by atoms with E-state index in [0.717, 1.165) is 0 Å². The van der Waals surface area contributed by atoms with Crippen molar-refractivity contribution in [3.63, 3.8) is 0 Å². The molecule has 5 aromatic rings. The lowest BCUT2D eigenvalue weighted by atomic mass is 9.77. The lowest BCUT2D eigenvalue weighted by Gasteiger charge is -2.40. The molecule has 0 aromatic heterocycles. The molecule has 1 fully saturated rings. The van der Waals surface area contributed by atoms with Gasteiger partial charge in [0.05, 0.1) is 29.4 Å². The van der Waals surface area contributed by atoms with Crippen molar-refractivity contribution < 1.29 is 56.7 Å². The molecular formula is C43H35FO11. The zero-order chi connectivity index (χ0) is 38.1. The molecule has 3 unspecified atom stereocenters. The van der Waals surface area contributed by atoms with Crippen LogP contribution in [0.3, 0.4) is 0 Å². The maximum absolute atomic E-state index is 15.4. The Kier molecular flexibility index (Phi) is 9.68. The van der Waals surface area contributed by atoms with Gasteiger partial charge in [0, 0.05) is 36.3 Å². The minimum Gasteiger partial charge on any atom is -0.497 e. The zero-order valence-electron chi connectivity index (χ0n) is 29.8. The molecule has 0 radical (unpaired) electrons. The SMILES string of the molecule is COc1ccc2c(c1)Oc1c(ccc(OC3C[C@@H](OC(=O)c4ccccc4)[C@@H](OC)C(COC(=O)c4ccccc4)O3)c1CF)C21OC(=O)c2ccccc21. The van der Waals surface area contributed by atoms with Crippen molar-refractivity contribution in [3.05, 3.63) is 154 Å². The number of carbonyl (C=O) groups excluding carboxylic acids is 3. The molecule has 0 N–H and O–H groups in total. The number of esters is 3. The summed E-state index contributed by atoms with van der Waals surface area (Å²) in [5, 5.41) is 0. The van der Waals surface area contributed by atoms with E-state index in [1.54, 1.807) is 115 Å². The summed E-state index contributed by atoms with van der Waals surface area (Å²) in [6.45, 7) is -1.32. The van der Waals surface area contributed by atoms with Crippen molar-refractivity contribution in [3.8, 4) is 23.0 Å². The van der Waals surface area contributed by atoms with E-state index in [-0.39, 0.29) is 30.1 Å². The molecule has 0 saturated carbocycles. The smallest absolute Gasteiger partial charge is 0.340 e. The van der Waals surface area contributed by atoms with Gasteiger partial charge in [-0.3, -0.25) is 0 Å². The minimum absolute atomic E-state index is 0.0214. The van der Waals surface area contributed by atoms with Gasteiger partial charge in [-0.25, -0.2) is 18.8 Å². The lowest BCUT2D eigenvalue weighted by molar-refractivity contribution is -0.236. The van der Waals surface area contributed by atoms with Gasteiger partial charge in [0.1, 0.15) is 54.6 Å². The third kappa shape index (κ3) is 6.43. The summed E-state index contributed by atoms with van der Waals surface area (Å²) in [5.74, 6) is -0.801. The summed E-state index contributed by atoms with van der Waals surface area (Å²) in [4.78, 5) is 39.5. The van der Waals surface area contributed by atoms with Gasteiger partial charge in [0.25, 0.3) is 0 Å². The van der Waals surface area contributed by atoms with E-state index in [1.165, 1.54) is 14.2 Å². The number of hydrogen-bond acceptors (Lipinski definition) is 11. The van der Waals surface area contributed by atoms with Crippen LogP contribution in [0.4, 0.5) is 4.39 Å². The number of rotatable bonds is 10. The van der Waals surface area contributed by atoms with Gasteiger partial charge in [0.15, 0.2) is 5.60 Å². The molecule has 1 saturated heterocycles. The topological polar surface area (TPSA) is 125 Å². The summed E-state index contributed by atoms with van der Waals surface area (Å²) in [7, 11) is 2.94. The van der Waals surface area contributed by atoms with E-state index >= 15 is 4.39 Å². The molecule has 3 aliphatic rings. The Morgan fingerprint density at radius 1 is 0.818 bits per heavy atom. The molecule has 5 atom stereocenters. The van der Waals surface area contributed by atoms with Gasteiger partial charge >= 0.3 is 17.9 Å². The van der Waals surface area contributed by atoms with E-state index < -0.39 is 54.8 Å². The van der Waals surface area contributed by atoms with Crippen LogP contribution in [-0.2, 0) is 36.0 Å². The van der Waals surface area contributed by atoms with Gasteiger partial charge in [-0.2, -0.15) is 0 Å². The molecule has 5 aromatic carbocycles. The Balaban J connectivity index is 1.15. The second kappa shape index (κ2) is 14.9. The molecule has 3 aliphatic heterocycles. The standard InChI is InChI=1S/C43H35FO11/c1-48-27-17-18-31-34(21-27)53-38-29(23-44)33(20-19-32(38)43(31)30-16-10-9-15-28(30)42(47)55-43)51-37-22-35(54-41(46)26-13-7-4-8-14-26)39(49-2)36(52-37)24-50-40(45)25-11-5-3-6-12-25/h3-21,35-37,39H,22-24H2,1-2H3/t35-,36?,37?,39-,43?/m1/s1. The summed E-state index contributed by atoms with van der Waals surface area (Å²) in [5.41, 5.74) is 1.10. The molecule has 3 heterocycles. The predicted octanol–water partition coefficient (Wildman–Crippen LogP) is 7.32. The molecule has 0 bridgehead atoms. The van der Waals surface area contributed by atoms with Crippen molar-refractivity contribution in [2.24, 2.45) is 0 Å². The summed E-state index contributed by atoms with van der Waals surface area (Å²) in [6.07, 6.45) is -3.94. The van der Waals surface area contributed by atoms with Crippen LogP contribution in [0.5, 0.6) is 23.0 Å². The van der Waals surface area contributed by atoms with E-state index in [0.29, 0.717) is 44.9 Å². The number of halogens is 1. The average molecular weight is 747 g/mol. The Bertz CT molecular complexity index is 2240. The van der Waals surface area contributed by atoms with Gasteiger partial charge < -0.3 is 37.9 Å². The van der Waals surface area contributed by atoms with Crippen molar-refractivity contribution >= 4 is 17.9 Å². The summed E-state index contributed by atoms with van der Waals surface area (Å²) >= 11 is 0. The largest absolute Gasteiger partial charge is 0.497 e. The van der Waals surface area contributed by atoms with Crippen molar-refractivity contribution in [2.45, 2.75) is 43.3 Å². The fourth-order valence-electron chi connectivity index (χ4n) is 7.37. The average Bonchev–Trinajstić information content (AvgIpc) is 3.52. The Morgan fingerprint density at radius 3 is 2.22 bits per heavy atom. The second-order valence-electron chi connectivity index (χ2n) is 13.1. The van der Waals surface area contributed by atoms with Gasteiger partial charge in [-0.1, -0.05) is 54.6 Å². The van der Waals surface area contributed by atoms with Crippen LogP contribution in [0, 0.1) is 0 Å². The Morgan fingerprint density at radius 2 is 1.51 bits per heavy atom. The first kappa shape index (κ1) is 35.8. The minimum atomic E-state index is -1.46. The normalized spacial score (nSPS) is 22.0. The van der Waals surface area contributed by atoms with Crippen LogP contribution in [-0.4, -0.2) is 63.3 Å².